The number of aromatic nitrogens is 2. The van der Waals surface area contributed by atoms with Crippen molar-refractivity contribution in [2.75, 3.05) is 33.8 Å². The van der Waals surface area contributed by atoms with Crippen molar-refractivity contribution in [3.63, 3.8) is 0 Å². The van der Waals surface area contributed by atoms with Gasteiger partial charge in [-0.2, -0.15) is 4.98 Å². The number of hydrogen-bond acceptors (Lipinski definition) is 6. The Morgan fingerprint density at radius 1 is 1.39 bits per heavy atom. The third-order valence-electron chi connectivity index (χ3n) is 4.22. The van der Waals surface area contributed by atoms with E-state index in [2.05, 4.69) is 19.9 Å². The summed E-state index contributed by atoms with van der Waals surface area (Å²) < 4.78 is 24.7. The van der Waals surface area contributed by atoms with E-state index in [1.165, 1.54) is 7.11 Å². The molecule has 0 amide bonds. The zero-order valence-electron chi connectivity index (χ0n) is 13.6. The number of ether oxygens (including phenoxy) is 1. The minimum atomic E-state index is -0.292. The van der Waals surface area contributed by atoms with Gasteiger partial charge in [0, 0.05) is 31.7 Å². The number of rotatable bonds is 4. The molecule has 1 aliphatic heterocycles. The Labute approximate surface area is 134 Å². The highest BCUT2D eigenvalue weighted by Gasteiger charge is 2.30. The molecule has 1 aliphatic rings. The fourth-order valence-electron chi connectivity index (χ4n) is 2.87. The standard InChI is InChI=1S/C16H21FN4O2/c1-11-18-16(23-19-11)13-10-21(8-7-20(13)2)9-12-5-4-6-14(22-3)15(12)17/h4-6,13H,7-10H2,1-3H3. The SMILES string of the molecule is COc1cccc(CN2CCN(C)C(c3nc(C)no3)C2)c1F. The van der Waals surface area contributed by atoms with Crippen LogP contribution in [-0.2, 0) is 6.54 Å². The molecule has 3 rings (SSSR count). The predicted molar refractivity (Wildman–Crippen MR) is 82.6 cm³/mol. The molecule has 0 saturated carbocycles. The summed E-state index contributed by atoms with van der Waals surface area (Å²) in [5, 5.41) is 3.86. The van der Waals surface area contributed by atoms with Gasteiger partial charge in [0.25, 0.3) is 0 Å². The minimum Gasteiger partial charge on any atom is -0.494 e. The second-order valence-electron chi connectivity index (χ2n) is 5.84. The molecule has 0 aliphatic carbocycles. The molecular formula is C16H21FN4O2. The molecule has 1 aromatic heterocycles. The van der Waals surface area contributed by atoms with Crippen LogP contribution in [0.3, 0.4) is 0 Å². The first kappa shape index (κ1) is 15.9. The molecule has 0 N–H and O–H groups in total. The molecular weight excluding hydrogens is 299 g/mol. The molecule has 1 fully saturated rings. The van der Waals surface area contributed by atoms with Crippen LogP contribution in [-0.4, -0.2) is 53.7 Å². The second kappa shape index (κ2) is 6.64. The topological polar surface area (TPSA) is 54.6 Å². The van der Waals surface area contributed by atoms with Crippen molar-refractivity contribution < 1.29 is 13.7 Å². The van der Waals surface area contributed by atoms with Crippen molar-refractivity contribution in [3.8, 4) is 5.75 Å². The lowest BCUT2D eigenvalue weighted by molar-refractivity contribution is 0.0707. The van der Waals surface area contributed by atoms with Crippen LogP contribution in [0.2, 0.25) is 0 Å². The van der Waals surface area contributed by atoms with Crippen molar-refractivity contribution in [2.24, 2.45) is 0 Å². The Morgan fingerprint density at radius 2 is 2.22 bits per heavy atom. The molecule has 124 valence electrons. The first-order valence-corrected chi connectivity index (χ1v) is 7.62. The summed E-state index contributed by atoms with van der Waals surface area (Å²) in [5.74, 6) is 1.23. The predicted octanol–water partition coefficient (Wildman–Crippen LogP) is 2.01. The molecule has 2 heterocycles. The van der Waals surface area contributed by atoms with E-state index in [9.17, 15) is 4.39 Å². The molecule has 1 unspecified atom stereocenters. The summed E-state index contributed by atoms with van der Waals surface area (Å²) in [6.07, 6.45) is 0. The highest BCUT2D eigenvalue weighted by molar-refractivity contribution is 5.31. The van der Waals surface area contributed by atoms with Gasteiger partial charge in [0.15, 0.2) is 17.4 Å². The van der Waals surface area contributed by atoms with Crippen LogP contribution < -0.4 is 4.74 Å². The van der Waals surface area contributed by atoms with Crippen molar-refractivity contribution in [2.45, 2.75) is 19.5 Å². The normalized spacial score (nSPS) is 19.9. The third kappa shape index (κ3) is 3.35. The van der Waals surface area contributed by atoms with Gasteiger partial charge < -0.3 is 9.26 Å². The lowest BCUT2D eigenvalue weighted by Gasteiger charge is -2.37. The highest BCUT2D eigenvalue weighted by atomic mass is 19.1. The number of halogens is 1. The van der Waals surface area contributed by atoms with Gasteiger partial charge in [0.1, 0.15) is 6.04 Å². The van der Waals surface area contributed by atoms with Crippen LogP contribution >= 0.6 is 0 Å². The second-order valence-corrected chi connectivity index (χ2v) is 5.84. The zero-order chi connectivity index (χ0) is 16.4. The molecule has 1 saturated heterocycles. The minimum absolute atomic E-state index is 0.0265. The average Bonchev–Trinajstić information content (AvgIpc) is 2.97. The lowest BCUT2D eigenvalue weighted by atomic mass is 10.1. The van der Waals surface area contributed by atoms with Crippen molar-refractivity contribution in [3.05, 3.63) is 41.3 Å². The maximum Gasteiger partial charge on any atom is 0.245 e. The number of aryl methyl sites for hydroxylation is 1. The van der Waals surface area contributed by atoms with E-state index in [4.69, 9.17) is 9.26 Å². The summed E-state index contributed by atoms with van der Waals surface area (Å²) in [6, 6.07) is 5.26. The molecule has 7 heteroatoms. The Hall–Kier alpha value is -1.99. The summed E-state index contributed by atoms with van der Waals surface area (Å²) >= 11 is 0. The summed E-state index contributed by atoms with van der Waals surface area (Å²) in [5.41, 5.74) is 0.634. The van der Waals surface area contributed by atoms with E-state index in [0.29, 0.717) is 23.8 Å². The largest absolute Gasteiger partial charge is 0.494 e. The van der Waals surface area contributed by atoms with E-state index < -0.39 is 0 Å². The van der Waals surface area contributed by atoms with Gasteiger partial charge in [-0.25, -0.2) is 4.39 Å². The van der Waals surface area contributed by atoms with Gasteiger partial charge in [0.2, 0.25) is 5.89 Å². The van der Waals surface area contributed by atoms with Crippen LogP contribution in [0, 0.1) is 12.7 Å². The number of methoxy groups -OCH3 is 1. The Kier molecular flexibility index (Phi) is 4.58. The van der Waals surface area contributed by atoms with E-state index in [1.54, 1.807) is 19.1 Å². The van der Waals surface area contributed by atoms with Gasteiger partial charge in [0.05, 0.1) is 7.11 Å². The van der Waals surface area contributed by atoms with Crippen molar-refractivity contribution >= 4 is 0 Å². The van der Waals surface area contributed by atoms with Gasteiger partial charge in [-0.15, -0.1) is 0 Å². The summed E-state index contributed by atoms with van der Waals surface area (Å²) in [4.78, 5) is 8.71. The highest BCUT2D eigenvalue weighted by Crippen LogP contribution is 2.26. The summed E-state index contributed by atoms with van der Waals surface area (Å²) in [6.45, 7) is 4.77. The molecule has 0 bridgehead atoms. The Morgan fingerprint density at radius 3 is 2.91 bits per heavy atom. The average molecular weight is 320 g/mol. The first-order chi connectivity index (χ1) is 11.1. The van der Waals surface area contributed by atoms with E-state index in [1.807, 2.05) is 13.1 Å². The molecule has 6 nitrogen and oxygen atoms in total. The third-order valence-corrected chi connectivity index (χ3v) is 4.22. The molecule has 0 spiro atoms. The molecule has 1 aromatic carbocycles. The van der Waals surface area contributed by atoms with Crippen LogP contribution in [0.25, 0.3) is 0 Å². The monoisotopic (exact) mass is 320 g/mol. The zero-order valence-corrected chi connectivity index (χ0v) is 13.6. The van der Waals surface area contributed by atoms with E-state index in [0.717, 1.165) is 19.6 Å². The van der Waals surface area contributed by atoms with Gasteiger partial charge in [-0.05, 0) is 20.0 Å². The lowest BCUT2D eigenvalue weighted by Crippen LogP contribution is -2.46. The number of nitrogens with zero attached hydrogens (tertiary/aromatic N) is 4. The summed E-state index contributed by atoms with van der Waals surface area (Å²) in [7, 11) is 3.51. The maximum absolute atomic E-state index is 14.3. The first-order valence-electron chi connectivity index (χ1n) is 7.62. The Balaban J connectivity index is 1.74. The molecule has 0 radical (unpaired) electrons. The Bertz CT molecular complexity index is 676. The number of hydrogen-bond donors (Lipinski definition) is 0. The van der Waals surface area contributed by atoms with Gasteiger partial charge >= 0.3 is 0 Å². The van der Waals surface area contributed by atoms with E-state index >= 15 is 0 Å². The smallest absolute Gasteiger partial charge is 0.245 e. The van der Waals surface area contributed by atoms with Crippen molar-refractivity contribution in [1.82, 2.24) is 19.9 Å². The van der Waals surface area contributed by atoms with E-state index in [-0.39, 0.29) is 17.6 Å². The molecule has 2 aromatic rings. The van der Waals surface area contributed by atoms with Crippen LogP contribution in [0.4, 0.5) is 4.39 Å². The van der Waals surface area contributed by atoms with Gasteiger partial charge in [-0.1, -0.05) is 17.3 Å². The molecule has 1 atom stereocenters. The number of benzene rings is 1. The van der Waals surface area contributed by atoms with Crippen LogP contribution in [0.15, 0.2) is 22.7 Å². The number of likely N-dealkylation sites (N-methyl/N-ethyl adjacent to an activating group) is 1. The maximum atomic E-state index is 14.3. The van der Waals surface area contributed by atoms with Crippen LogP contribution in [0.1, 0.15) is 23.3 Å². The quantitative estimate of drug-likeness (QED) is 0.859. The fourth-order valence-corrected chi connectivity index (χ4v) is 2.87. The van der Waals surface area contributed by atoms with Gasteiger partial charge in [-0.3, -0.25) is 9.80 Å². The van der Waals surface area contributed by atoms with Crippen LogP contribution in [0.5, 0.6) is 5.75 Å². The van der Waals surface area contributed by atoms with Crippen molar-refractivity contribution in [1.29, 1.82) is 0 Å². The number of piperazine rings is 1. The fraction of sp³-hybridized carbons (Fsp3) is 0.500. The molecule has 23 heavy (non-hydrogen) atoms.